The minimum atomic E-state index is -0.507. The van der Waals surface area contributed by atoms with Crippen molar-refractivity contribution in [2.75, 3.05) is 18.0 Å². The Labute approximate surface area is 198 Å². The van der Waals surface area contributed by atoms with Crippen LogP contribution in [0.3, 0.4) is 0 Å². The lowest BCUT2D eigenvalue weighted by atomic mass is 10.3. The van der Waals surface area contributed by atoms with Crippen LogP contribution in [0, 0.1) is 0 Å². The average Bonchev–Trinajstić information content (AvgIpc) is 3.51. The maximum Gasteiger partial charge on any atom is 0.330 e. The van der Waals surface area contributed by atoms with Crippen molar-refractivity contribution in [2.45, 2.75) is 59.2 Å². The zero-order valence-electron chi connectivity index (χ0n) is 19.1. The molecule has 2 amide bonds. The minimum Gasteiger partial charge on any atom is -0.457 e. The number of imidazole rings is 1. The molecule has 182 valence electrons. The molecule has 0 aromatic carbocycles. The smallest absolute Gasteiger partial charge is 0.330 e. The van der Waals surface area contributed by atoms with E-state index < -0.39 is 17.2 Å². The van der Waals surface area contributed by atoms with Crippen LogP contribution < -0.4 is 21.5 Å². The highest BCUT2D eigenvalue weighted by Crippen LogP contribution is 2.22. The average molecular weight is 490 g/mol. The van der Waals surface area contributed by atoms with Gasteiger partial charge in [-0.2, -0.15) is 0 Å². The van der Waals surface area contributed by atoms with Gasteiger partial charge in [-0.05, 0) is 12.8 Å². The Balaban J connectivity index is 1.52. The van der Waals surface area contributed by atoms with E-state index in [1.54, 1.807) is 9.95 Å². The molecule has 0 saturated carbocycles. The molecule has 4 heterocycles. The molecular weight excluding hydrogens is 462 g/mol. The first-order valence-electron chi connectivity index (χ1n) is 11.3. The number of unbranched alkanes of at least 4 members (excludes halogenated alkanes) is 1. The number of carbonyl (C=O) groups excluding carboxylic acids is 2. The summed E-state index contributed by atoms with van der Waals surface area (Å²) in [4.78, 5) is 62.0. The van der Waals surface area contributed by atoms with Crippen LogP contribution in [0.4, 0.5) is 9.93 Å². The SMILES string of the molecule is CCCCn1c(=O)[nH]c(=O)c2c1nc(COC(=O)Cc1csc(N3CCNC3=O)n1)n2CCC. The minimum absolute atomic E-state index is 0.0538. The zero-order chi connectivity index (χ0) is 24.2. The summed E-state index contributed by atoms with van der Waals surface area (Å²) in [6.45, 7) is 5.86. The molecule has 13 heteroatoms. The third kappa shape index (κ3) is 4.74. The second-order valence-corrected chi connectivity index (χ2v) is 8.80. The van der Waals surface area contributed by atoms with Gasteiger partial charge in [-0.15, -0.1) is 11.3 Å². The number of ether oxygens (including phenoxy) is 1. The third-order valence-electron chi connectivity index (χ3n) is 5.46. The second-order valence-electron chi connectivity index (χ2n) is 7.96. The summed E-state index contributed by atoms with van der Waals surface area (Å²) in [5.41, 5.74) is 0.108. The number of aromatic amines is 1. The van der Waals surface area contributed by atoms with Gasteiger partial charge in [-0.3, -0.25) is 24.0 Å². The molecule has 2 N–H and O–H groups in total. The number of anilines is 1. The van der Waals surface area contributed by atoms with E-state index in [9.17, 15) is 19.2 Å². The van der Waals surface area contributed by atoms with E-state index >= 15 is 0 Å². The van der Waals surface area contributed by atoms with Gasteiger partial charge < -0.3 is 14.6 Å². The number of hydrogen-bond acceptors (Lipinski definition) is 8. The standard InChI is InChI=1S/C21H27N7O5S/c1-3-5-8-27-17-16(18(30)25-20(27)32)26(7-4-2)14(24-17)11-33-15(29)10-13-12-34-21(23-13)28-9-6-22-19(28)31/h12H,3-11H2,1-2H3,(H,22,31)(H,25,30,32). The van der Waals surface area contributed by atoms with Crippen molar-refractivity contribution >= 4 is 39.6 Å². The summed E-state index contributed by atoms with van der Waals surface area (Å²) in [6, 6.07) is -0.203. The van der Waals surface area contributed by atoms with E-state index in [2.05, 4.69) is 20.3 Å². The number of thiazole rings is 1. The van der Waals surface area contributed by atoms with Crippen LogP contribution in [0.25, 0.3) is 11.2 Å². The number of esters is 1. The maximum absolute atomic E-state index is 12.6. The predicted molar refractivity (Wildman–Crippen MR) is 126 cm³/mol. The predicted octanol–water partition coefficient (Wildman–Crippen LogP) is 1.37. The van der Waals surface area contributed by atoms with E-state index in [0.29, 0.717) is 54.0 Å². The Bertz CT molecular complexity index is 1320. The first-order valence-corrected chi connectivity index (χ1v) is 12.2. The molecule has 34 heavy (non-hydrogen) atoms. The Hall–Kier alpha value is -3.48. The number of fused-ring (bicyclic) bond motifs is 1. The van der Waals surface area contributed by atoms with Gasteiger partial charge in [-0.25, -0.2) is 19.6 Å². The number of urea groups is 1. The lowest BCUT2D eigenvalue weighted by Gasteiger charge is -2.09. The van der Waals surface area contributed by atoms with Gasteiger partial charge in [-0.1, -0.05) is 20.3 Å². The monoisotopic (exact) mass is 489 g/mol. The molecular formula is C21H27N7O5S. The van der Waals surface area contributed by atoms with Crippen LogP contribution in [0.5, 0.6) is 0 Å². The van der Waals surface area contributed by atoms with Gasteiger partial charge >= 0.3 is 17.7 Å². The number of nitrogens with one attached hydrogen (secondary N) is 2. The molecule has 1 fully saturated rings. The topological polar surface area (TPSA) is 144 Å². The molecule has 3 aromatic rings. The molecule has 3 aromatic heterocycles. The number of nitrogens with zero attached hydrogens (tertiary/aromatic N) is 5. The number of amides is 2. The van der Waals surface area contributed by atoms with Crippen molar-refractivity contribution in [3.05, 3.63) is 37.7 Å². The number of hydrogen-bond donors (Lipinski definition) is 2. The highest BCUT2D eigenvalue weighted by atomic mass is 32.1. The van der Waals surface area contributed by atoms with E-state index in [0.717, 1.165) is 19.3 Å². The van der Waals surface area contributed by atoms with Crippen molar-refractivity contribution in [1.82, 2.24) is 29.4 Å². The molecule has 0 aliphatic carbocycles. The highest BCUT2D eigenvalue weighted by molar-refractivity contribution is 7.14. The van der Waals surface area contributed by atoms with Crippen molar-refractivity contribution in [3.8, 4) is 0 Å². The van der Waals surface area contributed by atoms with E-state index in [1.165, 1.54) is 20.8 Å². The van der Waals surface area contributed by atoms with Crippen molar-refractivity contribution in [3.63, 3.8) is 0 Å². The quantitative estimate of drug-likeness (QED) is 0.409. The van der Waals surface area contributed by atoms with Crippen LogP contribution in [0.15, 0.2) is 15.0 Å². The lowest BCUT2D eigenvalue weighted by Crippen LogP contribution is -2.31. The molecule has 1 aliphatic rings. The summed E-state index contributed by atoms with van der Waals surface area (Å²) in [5, 5.41) is 4.97. The van der Waals surface area contributed by atoms with Gasteiger partial charge in [0.2, 0.25) is 0 Å². The van der Waals surface area contributed by atoms with Crippen LogP contribution in [-0.2, 0) is 35.6 Å². The van der Waals surface area contributed by atoms with Gasteiger partial charge in [0.05, 0.1) is 12.1 Å². The summed E-state index contributed by atoms with van der Waals surface area (Å²) in [7, 11) is 0. The van der Waals surface area contributed by atoms with Crippen LogP contribution in [0.1, 0.15) is 44.6 Å². The van der Waals surface area contributed by atoms with Crippen molar-refractivity contribution in [1.29, 1.82) is 0 Å². The van der Waals surface area contributed by atoms with E-state index in [1.807, 2.05) is 13.8 Å². The largest absolute Gasteiger partial charge is 0.457 e. The molecule has 0 atom stereocenters. The fourth-order valence-corrected chi connectivity index (χ4v) is 4.66. The number of H-pyrrole nitrogens is 1. The van der Waals surface area contributed by atoms with E-state index in [-0.39, 0.29) is 19.1 Å². The van der Waals surface area contributed by atoms with Crippen molar-refractivity contribution < 1.29 is 14.3 Å². The molecule has 0 spiro atoms. The van der Waals surface area contributed by atoms with Gasteiger partial charge in [0.25, 0.3) is 5.56 Å². The van der Waals surface area contributed by atoms with Gasteiger partial charge in [0.1, 0.15) is 12.4 Å². The van der Waals surface area contributed by atoms with Crippen LogP contribution in [-0.4, -0.2) is 49.2 Å². The van der Waals surface area contributed by atoms with Crippen LogP contribution in [0.2, 0.25) is 0 Å². The van der Waals surface area contributed by atoms with E-state index in [4.69, 9.17) is 4.74 Å². The summed E-state index contributed by atoms with van der Waals surface area (Å²) >= 11 is 1.29. The fraction of sp³-hybridized carbons (Fsp3) is 0.524. The first kappa shape index (κ1) is 23.7. The number of rotatable bonds is 10. The molecule has 12 nitrogen and oxygen atoms in total. The Morgan fingerprint density at radius 1 is 1.15 bits per heavy atom. The molecule has 1 saturated heterocycles. The molecule has 0 radical (unpaired) electrons. The highest BCUT2D eigenvalue weighted by Gasteiger charge is 2.24. The second kappa shape index (κ2) is 10.2. The molecule has 4 rings (SSSR count). The summed E-state index contributed by atoms with van der Waals surface area (Å²) in [5.74, 6) is -0.102. The number of aryl methyl sites for hydroxylation is 2. The Morgan fingerprint density at radius 3 is 2.68 bits per heavy atom. The zero-order valence-corrected chi connectivity index (χ0v) is 19.9. The van der Waals surface area contributed by atoms with Crippen LogP contribution >= 0.6 is 11.3 Å². The third-order valence-corrected chi connectivity index (χ3v) is 6.37. The maximum atomic E-state index is 12.6. The summed E-state index contributed by atoms with van der Waals surface area (Å²) in [6.07, 6.45) is 2.32. The number of aromatic nitrogens is 5. The number of carbonyl (C=O) groups is 2. The molecule has 0 bridgehead atoms. The van der Waals surface area contributed by atoms with Crippen molar-refractivity contribution in [2.24, 2.45) is 0 Å². The first-order chi connectivity index (χ1) is 16.4. The lowest BCUT2D eigenvalue weighted by molar-refractivity contribution is -0.144. The Morgan fingerprint density at radius 2 is 1.97 bits per heavy atom. The Kier molecular flexibility index (Phi) is 7.10. The fourth-order valence-electron chi connectivity index (χ4n) is 3.82. The molecule has 0 unspecified atom stereocenters. The molecule has 1 aliphatic heterocycles. The summed E-state index contributed by atoms with van der Waals surface area (Å²) < 4.78 is 8.61. The van der Waals surface area contributed by atoms with Gasteiger partial charge in [0.15, 0.2) is 16.3 Å². The van der Waals surface area contributed by atoms with Gasteiger partial charge in [0, 0.05) is 31.6 Å². The normalized spacial score (nSPS) is 13.6.